The van der Waals surface area contributed by atoms with Crippen LogP contribution in [0.5, 0.6) is 0 Å². The fourth-order valence-electron chi connectivity index (χ4n) is 1.17. The molecule has 10 heteroatoms. The number of hydrogen-bond donors (Lipinski definition) is 2. The Morgan fingerprint density at radius 2 is 2.00 bits per heavy atom. The second-order valence-electron chi connectivity index (χ2n) is 3.01. The molecule has 1 rings (SSSR count). The van der Waals surface area contributed by atoms with E-state index in [-0.39, 0.29) is 11.0 Å². The van der Waals surface area contributed by atoms with Crippen LogP contribution in [0, 0.1) is 0 Å². The minimum atomic E-state index is -4.88. The van der Waals surface area contributed by atoms with Crippen LogP contribution in [0.4, 0.5) is 13.2 Å². The van der Waals surface area contributed by atoms with Crippen LogP contribution in [0.3, 0.4) is 0 Å². The average Bonchev–Trinajstić information content (AvgIpc) is 2.04. The largest absolute Gasteiger partial charge is 0.431 e. The molecule has 1 heterocycles. The van der Waals surface area contributed by atoms with E-state index in [1.165, 1.54) is 0 Å². The lowest BCUT2D eigenvalue weighted by molar-refractivity contribution is -0.128. The quantitative estimate of drug-likeness (QED) is 0.630. The minimum absolute atomic E-state index is 0.210. The molecule has 1 aliphatic rings. The molecule has 1 aliphatic heterocycles. The van der Waals surface area contributed by atoms with Crippen molar-refractivity contribution in [1.29, 1.82) is 0 Å². The van der Waals surface area contributed by atoms with Gasteiger partial charge in [0.05, 0.1) is 0 Å². The van der Waals surface area contributed by atoms with Crippen LogP contribution >= 0.6 is 0 Å². The third kappa shape index (κ3) is 2.44. The molecule has 2 N–H and O–H groups in total. The standard InChI is InChI=1S/C6H7F3N2O4S/c1-11-3(6(7,8)9)2-4(12)10-5(11)16(13,14)15/h2,5H,1H3,(H,10,12)(H,13,14,15). The van der Waals surface area contributed by atoms with Crippen LogP contribution in [-0.2, 0) is 14.9 Å². The van der Waals surface area contributed by atoms with Gasteiger partial charge < -0.3 is 10.2 Å². The fourth-order valence-corrected chi connectivity index (χ4v) is 1.95. The molecule has 0 aromatic rings. The lowest BCUT2D eigenvalue weighted by Gasteiger charge is -2.33. The van der Waals surface area contributed by atoms with Crippen molar-refractivity contribution in [3.05, 3.63) is 11.8 Å². The Balaban J connectivity index is 3.20. The van der Waals surface area contributed by atoms with Crippen molar-refractivity contribution in [2.24, 2.45) is 0 Å². The van der Waals surface area contributed by atoms with Gasteiger partial charge in [0, 0.05) is 13.1 Å². The normalized spacial score (nSPS) is 22.8. The molecule has 1 atom stereocenters. The first-order valence-electron chi connectivity index (χ1n) is 3.82. The van der Waals surface area contributed by atoms with Gasteiger partial charge in [0.15, 0.2) is 0 Å². The molecule has 0 saturated carbocycles. The molecule has 0 radical (unpaired) electrons. The predicted octanol–water partition coefficient (Wildman–Crippen LogP) is -0.334. The number of nitrogens with one attached hydrogen (secondary N) is 1. The molecule has 0 aromatic carbocycles. The first kappa shape index (κ1) is 12.8. The van der Waals surface area contributed by atoms with Crippen molar-refractivity contribution < 1.29 is 30.9 Å². The van der Waals surface area contributed by atoms with Gasteiger partial charge in [0.2, 0.25) is 11.4 Å². The Kier molecular flexibility index (Phi) is 2.90. The molecule has 0 bridgehead atoms. The average molecular weight is 260 g/mol. The van der Waals surface area contributed by atoms with Crippen molar-refractivity contribution in [2.75, 3.05) is 7.05 Å². The van der Waals surface area contributed by atoms with Crippen molar-refractivity contribution >= 4 is 16.0 Å². The number of amides is 1. The molecule has 92 valence electrons. The topological polar surface area (TPSA) is 86.7 Å². The third-order valence-electron chi connectivity index (χ3n) is 1.84. The van der Waals surface area contributed by atoms with Crippen molar-refractivity contribution in [3.63, 3.8) is 0 Å². The minimum Gasteiger partial charge on any atom is -0.336 e. The number of hydrogen-bond acceptors (Lipinski definition) is 4. The van der Waals surface area contributed by atoms with E-state index < -0.39 is 33.4 Å². The van der Waals surface area contributed by atoms with E-state index in [9.17, 15) is 26.4 Å². The van der Waals surface area contributed by atoms with Crippen LogP contribution in [-0.4, -0.2) is 42.5 Å². The maximum Gasteiger partial charge on any atom is 0.431 e. The fraction of sp³-hybridized carbons (Fsp3) is 0.500. The van der Waals surface area contributed by atoms with Crippen LogP contribution < -0.4 is 5.32 Å². The van der Waals surface area contributed by atoms with Crippen molar-refractivity contribution in [2.45, 2.75) is 11.7 Å². The maximum absolute atomic E-state index is 12.4. The zero-order valence-electron chi connectivity index (χ0n) is 7.82. The second-order valence-corrected chi connectivity index (χ2v) is 4.49. The molecule has 0 spiro atoms. The number of nitrogens with zero attached hydrogens (tertiary/aromatic N) is 1. The predicted molar refractivity (Wildman–Crippen MR) is 45.4 cm³/mol. The van der Waals surface area contributed by atoms with Gasteiger partial charge in [-0.3, -0.25) is 9.35 Å². The van der Waals surface area contributed by atoms with Crippen molar-refractivity contribution in [3.8, 4) is 0 Å². The van der Waals surface area contributed by atoms with E-state index in [0.29, 0.717) is 0 Å². The van der Waals surface area contributed by atoms with E-state index in [1.807, 2.05) is 0 Å². The molecule has 0 saturated heterocycles. The highest BCUT2D eigenvalue weighted by molar-refractivity contribution is 7.86. The zero-order chi connectivity index (χ0) is 12.7. The van der Waals surface area contributed by atoms with Gasteiger partial charge in [-0.2, -0.15) is 21.6 Å². The molecule has 0 fully saturated rings. The highest BCUT2D eigenvalue weighted by Gasteiger charge is 2.45. The molecule has 1 amide bonds. The van der Waals surface area contributed by atoms with Crippen LogP contribution in [0.1, 0.15) is 0 Å². The summed E-state index contributed by atoms with van der Waals surface area (Å²) in [5.41, 5.74) is -3.58. The zero-order valence-corrected chi connectivity index (χ0v) is 8.63. The van der Waals surface area contributed by atoms with Gasteiger partial charge in [0.1, 0.15) is 5.70 Å². The number of rotatable bonds is 1. The molecule has 16 heavy (non-hydrogen) atoms. The summed E-state index contributed by atoms with van der Waals surface area (Å²) in [5.74, 6) is -1.24. The van der Waals surface area contributed by atoms with E-state index in [1.54, 1.807) is 5.32 Å². The highest BCUT2D eigenvalue weighted by Crippen LogP contribution is 2.30. The third-order valence-corrected chi connectivity index (χ3v) is 2.84. The molecule has 6 nitrogen and oxygen atoms in total. The van der Waals surface area contributed by atoms with Crippen LogP contribution in [0.2, 0.25) is 0 Å². The Morgan fingerprint density at radius 1 is 1.50 bits per heavy atom. The van der Waals surface area contributed by atoms with E-state index in [0.717, 1.165) is 7.05 Å². The van der Waals surface area contributed by atoms with Crippen LogP contribution in [0.15, 0.2) is 11.8 Å². The van der Waals surface area contributed by atoms with E-state index in [2.05, 4.69) is 0 Å². The Labute approximate surface area is 88.5 Å². The molecule has 1 unspecified atom stereocenters. The van der Waals surface area contributed by atoms with E-state index in [4.69, 9.17) is 4.55 Å². The summed E-state index contributed by atoms with van der Waals surface area (Å²) in [4.78, 5) is 11.1. The van der Waals surface area contributed by atoms with Gasteiger partial charge in [-0.1, -0.05) is 0 Å². The lowest BCUT2D eigenvalue weighted by Crippen LogP contribution is -2.55. The lowest BCUT2D eigenvalue weighted by atomic mass is 10.3. The summed E-state index contributed by atoms with van der Waals surface area (Å²) in [6.45, 7) is 0. The summed E-state index contributed by atoms with van der Waals surface area (Å²) in [6.07, 6.45) is -4.67. The monoisotopic (exact) mass is 260 g/mol. The van der Waals surface area contributed by atoms with Crippen molar-refractivity contribution in [1.82, 2.24) is 10.2 Å². The number of alkyl halides is 3. The Bertz CT molecular complexity index is 441. The summed E-state index contributed by atoms with van der Waals surface area (Å²) < 4.78 is 67.2. The number of carbonyl (C=O) groups is 1. The van der Waals surface area contributed by atoms with Gasteiger partial charge >= 0.3 is 16.3 Å². The molecule has 0 aliphatic carbocycles. The number of halogens is 3. The second kappa shape index (κ2) is 3.63. The van der Waals surface area contributed by atoms with Gasteiger partial charge in [0.25, 0.3) is 0 Å². The first-order valence-corrected chi connectivity index (χ1v) is 5.32. The highest BCUT2D eigenvalue weighted by atomic mass is 32.2. The summed E-state index contributed by atoms with van der Waals surface area (Å²) in [7, 11) is -4.06. The van der Waals surface area contributed by atoms with E-state index >= 15 is 0 Å². The molecular formula is C6H7F3N2O4S. The molecular weight excluding hydrogens is 253 g/mol. The van der Waals surface area contributed by atoms with Gasteiger partial charge in [-0.25, -0.2) is 0 Å². The summed E-state index contributed by atoms with van der Waals surface area (Å²) in [5, 5.41) is 1.68. The SMILES string of the molecule is CN1C(C(F)(F)F)=CC(=O)NC1S(=O)(=O)O. The summed E-state index contributed by atoms with van der Waals surface area (Å²) >= 11 is 0. The number of allylic oxidation sites excluding steroid dienone is 1. The molecule has 0 aromatic heterocycles. The van der Waals surface area contributed by atoms with Gasteiger partial charge in [-0.05, 0) is 0 Å². The summed E-state index contributed by atoms with van der Waals surface area (Å²) in [6, 6.07) is 0. The Morgan fingerprint density at radius 3 is 2.38 bits per heavy atom. The Hall–Kier alpha value is -1.29. The number of carbonyl (C=O) groups excluding carboxylic acids is 1. The van der Waals surface area contributed by atoms with Crippen LogP contribution in [0.25, 0.3) is 0 Å². The maximum atomic E-state index is 12.4. The van der Waals surface area contributed by atoms with Gasteiger partial charge in [-0.15, -0.1) is 0 Å². The smallest absolute Gasteiger partial charge is 0.336 e. The first-order chi connectivity index (χ1) is 7.03.